The minimum atomic E-state index is -0.963. The molecule has 0 spiro atoms. The molecule has 0 saturated carbocycles. The maximum absolute atomic E-state index is 11.9. The van der Waals surface area contributed by atoms with Crippen LogP contribution in [0.15, 0.2) is 29.3 Å². The molecule has 9 nitrogen and oxygen atoms in total. The molecule has 2 rings (SSSR count). The number of ether oxygens (including phenoxy) is 2. The van der Waals surface area contributed by atoms with Gasteiger partial charge in [-0.25, -0.2) is 9.59 Å². The van der Waals surface area contributed by atoms with Gasteiger partial charge in [-0.2, -0.15) is 0 Å². The molecule has 9 heteroatoms. The van der Waals surface area contributed by atoms with Gasteiger partial charge in [0.15, 0.2) is 5.96 Å². The topological polar surface area (TPSA) is 104 Å². The van der Waals surface area contributed by atoms with Crippen molar-refractivity contribution < 1.29 is 24.2 Å². The predicted molar refractivity (Wildman–Crippen MR) is 106 cm³/mol. The third-order valence-electron chi connectivity index (χ3n) is 4.26. The van der Waals surface area contributed by atoms with Gasteiger partial charge in [-0.15, -0.1) is 0 Å². The van der Waals surface area contributed by atoms with E-state index in [2.05, 4.69) is 15.2 Å². The van der Waals surface area contributed by atoms with Gasteiger partial charge in [-0.3, -0.25) is 4.99 Å². The van der Waals surface area contributed by atoms with E-state index in [-0.39, 0.29) is 11.7 Å². The van der Waals surface area contributed by atoms with Crippen molar-refractivity contribution in [2.45, 2.75) is 13.3 Å². The van der Waals surface area contributed by atoms with Gasteiger partial charge in [-0.05, 0) is 37.6 Å². The molecule has 0 bridgehead atoms. The quantitative estimate of drug-likeness (QED) is 0.415. The molecule has 1 heterocycles. The molecule has 1 aromatic carbocycles. The summed E-state index contributed by atoms with van der Waals surface area (Å²) >= 11 is 0. The third-order valence-corrected chi connectivity index (χ3v) is 4.26. The Hall–Kier alpha value is -2.81. The molecule has 0 aromatic heterocycles. The number of benzene rings is 1. The Bertz CT molecular complexity index is 669. The summed E-state index contributed by atoms with van der Waals surface area (Å²) in [4.78, 5) is 31.3. The highest BCUT2D eigenvalue weighted by Crippen LogP contribution is 2.12. The van der Waals surface area contributed by atoms with E-state index in [9.17, 15) is 9.59 Å². The number of carboxylic acid groups (broad SMARTS) is 1. The van der Waals surface area contributed by atoms with Crippen LogP contribution in [-0.2, 0) is 9.47 Å². The van der Waals surface area contributed by atoms with Crippen molar-refractivity contribution in [3.8, 4) is 0 Å². The summed E-state index contributed by atoms with van der Waals surface area (Å²) in [7, 11) is 1.65. The molecule has 1 aliphatic heterocycles. The van der Waals surface area contributed by atoms with Gasteiger partial charge in [0.05, 0.1) is 12.2 Å². The minimum absolute atomic E-state index is 0.229. The number of methoxy groups -OCH3 is 1. The van der Waals surface area contributed by atoms with Crippen LogP contribution in [0.5, 0.6) is 0 Å². The fraction of sp³-hybridized carbons (Fsp3) is 0.526. The molecule has 1 saturated heterocycles. The number of carbonyl (C=O) groups is 2. The molecule has 154 valence electrons. The average molecular weight is 392 g/mol. The SMILES string of the molecule is CCOC(=O)N1CCN(C(=NCCCOC)Nc2ccc(C(=O)O)cc2)CC1. The first kappa shape index (κ1) is 21.5. The molecule has 1 aromatic rings. The Morgan fingerprint density at radius 2 is 1.79 bits per heavy atom. The van der Waals surface area contributed by atoms with Crippen molar-refractivity contribution in [3.05, 3.63) is 29.8 Å². The number of piperazine rings is 1. The van der Waals surface area contributed by atoms with Crippen LogP contribution in [0.1, 0.15) is 23.7 Å². The summed E-state index contributed by atoms with van der Waals surface area (Å²) in [5.74, 6) is -0.266. The van der Waals surface area contributed by atoms with Crippen molar-refractivity contribution in [2.75, 3.05) is 58.4 Å². The Morgan fingerprint density at radius 1 is 1.14 bits per heavy atom. The van der Waals surface area contributed by atoms with Crippen LogP contribution in [0, 0.1) is 0 Å². The molecule has 1 amide bonds. The van der Waals surface area contributed by atoms with Gasteiger partial charge in [0.1, 0.15) is 0 Å². The number of hydrogen-bond acceptors (Lipinski definition) is 5. The molecule has 28 heavy (non-hydrogen) atoms. The van der Waals surface area contributed by atoms with E-state index >= 15 is 0 Å². The maximum atomic E-state index is 11.9. The summed E-state index contributed by atoms with van der Waals surface area (Å²) in [6, 6.07) is 6.52. The first-order valence-electron chi connectivity index (χ1n) is 9.35. The van der Waals surface area contributed by atoms with Crippen molar-refractivity contribution in [1.29, 1.82) is 0 Å². The van der Waals surface area contributed by atoms with E-state index in [0.29, 0.717) is 51.9 Å². The normalized spacial score (nSPS) is 14.7. The lowest BCUT2D eigenvalue weighted by Crippen LogP contribution is -2.52. The molecule has 1 aliphatic rings. The van der Waals surface area contributed by atoms with Crippen molar-refractivity contribution in [1.82, 2.24) is 9.80 Å². The summed E-state index contributed by atoms with van der Waals surface area (Å²) in [5, 5.41) is 12.3. The molecule has 0 aliphatic carbocycles. The second kappa shape index (κ2) is 11.1. The van der Waals surface area contributed by atoms with E-state index in [0.717, 1.165) is 12.1 Å². The van der Waals surface area contributed by atoms with Crippen LogP contribution in [-0.4, -0.2) is 86.0 Å². The highest BCUT2D eigenvalue weighted by Gasteiger charge is 2.24. The number of guanidine groups is 1. The van der Waals surface area contributed by atoms with Crippen molar-refractivity contribution >= 4 is 23.7 Å². The number of rotatable bonds is 7. The van der Waals surface area contributed by atoms with Crippen molar-refractivity contribution in [2.24, 2.45) is 4.99 Å². The van der Waals surface area contributed by atoms with Crippen LogP contribution < -0.4 is 5.32 Å². The minimum Gasteiger partial charge on any atom is -0.478 e. The fourth-order valence-electron chi connectivity index (χ4n) is 2.75. The van der Waals surface area contributed by atoms with Crippen LogP contribution in [0.2, 0.25) is 0 Å². The van der Waals surface area contributed by atoms with Gasteiger partial charge >= 0.3 is 12.1 Å². The van der Waals surface area contributed by atoms with E-state index in [1.165, 1.54) is 0 Å². The van der Waals surface area contributed by atoms with E-state index in [1.807, 2.05) is 0 Å². The zero-order chi connectivity index (χ0) is 20.4. The number of carboxylic acids is 1. The third kappa shape index (κ3) is 6.41. The number of anilines is 1. The van der Waals surface area contributed by atoms with Crippen LogP contribution in [0.25, 0.3) is 0 Å². The zero-order valence-corrected chi connectivity index (χ0v) is 16.4. The highest BCUT2D eigenvalue weighted by atomic mass is 16.6. The fourth-order valence-corrected chi connectivity index (χ4v) is 2.75. The Kier molecular flexibility index (Phi) is 8.54. The zero-order valence-electron chi connectivity index (χ0n) is 16.4. The lowest BCUT2D eigenvalue weighted by molar-refractivity contribution is 0.0696. The Balaban J connectivity index is 2.03. The lowest BCUT2D eigenvalue weighted by Gasteiger charge is -2.36. The molecule has 0 unspecified atom stereocenters. The van der Waals surface area contributed by atoms with Crippen LogP contribution in [0.4, 0.5) is 10.5 Å². The first-order chi connectivity index (χ1) is 13.5. The number of aromatic carboxylic acids is 1. The lowest BCUT2D eigenvalue weighted by atomic mass is 10.2. The number of aliphatic imine (C=N–C) groups is 1. The van der Waals surface area contributed by atoms with Crippen LogP contribution >= 0.6 is 0 Å². The summed E-state index contributed by atoms with van der Waals surface area (Å²) in [6.07, 6.45) is 0.501. The maximum Gasteiger partial charge on any atom is 0.409 e. The Morgan fingerprint density at radius 3 is 2.36 bits per heavy atom. The Labute approximate surface area is 164 Å². The van der Waals surface area contributed by atoms with E-state index in [4.69, 9.17) is 14.6 Å². The second-order valence-electron chi connectivity index (χ2n) is 6.23. The van der Waals surface area contributed by atoms with Crippen molar-refractivity contribution in [3.63, 3.8) is 0 Å². The van der Waals surface area contributed by atoms with Gasteiger partial charge < -0.3 is 29.7 Å². The number of nitrogens with zero attached hydrogens (tertiary/aromatic N) is 3. The monoisotopic (exact) mass is 392 g/mol. The van der Waals surface area contributed by atoms with Crippen LogP contribution in [0.3, 0.4) is 0 Å². The van der Waals surface area contributed by atoms with E-state index in [1.54, 1.807) is 43.2 Å². The number of nitrogens with one attached hydrogen (secondary N) is 1. The molecular formula is C19H28N4O5. The van der Waals surface area contributed by atoms with Gasteiger partial charge in [0.2, 0.25) is 0 Å². The molecule has 2 N–H and O–H groups in total. The number of amides is 1. The van der Waals surface area contributed by atoms with Gasteiger partial charge in [0, 0.05) is 52.1 Å². The largest absolute Gasteiger partial charge is 0.478 e. The average Bonchev–Trinajstić information content (AvgIpc) is 2.71. The van der Waals surface area contributed by atoms with Gasteiger partial charge in [-0.1, -0.05) is 0 Å². The first-order valence-corrected chi connectivity index (χ1v) is 9.35. The predicted octanol–water partition coefficient (Wildman–Crippen LogP) is 1.96. The smallest absolute Gasteiger partial charge is 0.409 e. The summed E-state index contributed by atoms with van der Waals surface area (Å²) in [6.45, 7) is 5.73. The molecule has 1 fully saturated rings. The molecule has 0 atom stereocenters. The standard InChI is InChI=1S/C19H28N4O5/c1-3-28-19(26)23-12-10-22(11-13-23)18(20-9-4-14-27-2)21-16-7-5-15(6-8-16)17(24)25/h5-8H,3-4,9-14H2,1-2H3,(H,20,21)(H,24,25). The second-order valence-corrected chi connectivity index (χ2v) is 6.23. The summed E-state index contributed by atoms with van der Waals surface area (Å²) in [5.41, 5.74) is 0.982. The summed E-state index contributed by atoms with van der Waals surface area (Å²) < 4.78 is 10.1. The van der Waals surface area contributed by atoms with Gasteiger partial charge in [0.25, 0.3) is 0 Å². The number of carbonyl (C=O) groups excluding carboxylic acids is 1. The highest BCUT2D eigenvalue weighted by molar-refractivity contribution is 5.94. The van der Waals surface area contributed by atoms with E-state index < -0.39 is 5.97 Å². The molecule has 0 radical (unpaired) electrons. The number of hydrogen-bond donors (Lipinski definition) is 2. The molecular weight excluding hydrogens is 364 g/mol.